The van der Waals surface area contributed by atoms with Gasteiger partial charge in [0.1, 0.15) is 5.76 Å². The van der Waals surface area contributed by atoms with Gasteiger partial charge in [0.15, 0.2) is 17.9 Å². The van der Waals surface area contributed by atoms with Gasteiger partial charge in [-0.25, -0.2) is 4.39 Å². The first-order valence-corrected chi connectivity index (χ1v) is 5.08. The third-order valence-electron chi connectivity index (χ3n) is 2.04. The summed E-state index contributed by atoms with van der Waals surface area (Å²) in [5.74, 6) is -0.306. The van der Waals surface area contributed by atoms with Crippen molar-refractivity contribution in [2.75, 3.05) is 0 Å². The fourth-order valence-corrected chi connectivity index (χ4v) is 1.59. The van der Waals surface area contributed by atoms with Crippen molar-refractivity contribution < 1.29 is 13.6 Å². The van der Waals surface area contributed by atoms with Crippen LogP contribution in [0.25, 0.3) is 11.3 Å². The molecule has 2 rings (SSSR count). The second-order valence-electron chi connectivity index (χ2n) is 3.04. The van der Waals surface area contributed by atoms with Crippen LogP contribution in [-0.2, 0) is 0 Å². The Balaban J connectivity index is 2.56. The molecule has 0 spiro atoms. The van der Waals surface area contributed by atoms with Crippen LogP contribution < -0.4 is 0 Å². The molecule has 0 bridgehead atoms. The SMILES string of the molecule is O=Cc1ccc(-c2ccc(Cl)c(Cl)c2F)o1. The van der Waals surface area contributed by atoms with Gasteiger partial charge in [0.2, 0.25) is 0 Å². The maximum atomic E-state index is 13.7. The van der Waals surface area contributed by atoms with E-state index in [1.165, 1.54) is 24.3 Å². The normalized spacial score (nSPS) is 10.4. The van der Waals surface area contributed by atoms with E-state index in [0.29, 0.717) is 6.29 Å². The highest BCUT2D eigenvalue weighted by Crippen LogP contribution is 2.33. The van der Waals surface area contributed by atoms with E-state index >= 15 is 0 Å². The van der Waals surface area contributed by atoms with E-state index in [1.54, 1.807) is 0 Å². The fourth-order valence-electron chi connectivity index (χ4n) is 1.28. The summed E-state index contributed by atoms with van der Waals surface area (Å²) in [6, 6.07) is 5.85. The van der Waals surface area contributed by atoms with Crippen molar-refractivity contribution in [2.45, 2.75) is 0 Å². The molecule has 0 atom stereocenters. The predicted octanol–water partition coefficient (Wildman–Crippen LogP) is 4.21. The number of furan rings is 1. The molecule has 0 radical (unpaired) electrons. The second-order valence-corrected chi connectivity index (χ2v) is 3.83. The fraction of sp³-hybridized carbons (Fsp3) is 0. The monoisotopic (exact) mass is 258 g/mol. The van der Waals surface area contributed by atoms with Crippen molar-refractivity contribution in [2.24, 2.45) is 0 Å². The van der Waals surface area contributed by atoms with E-state index in [0.717, 1.165) is 0 Å². The Kier molecular flexibility index (Phi) is 2.99. The summed E-state index contributed by atoms with van der Waals surface area (Å²) in [7, 11) is 0. The Labute approximate surface area is 101 Å². The highest BCUT2D eigenvalue weighted by Gasteiger charge is 2.14. The lowest BCUT2D eigenvalue weighted by Crippen LogP contribution is -1.84. The first-order chi connectivity index (χ1) is 7.63. The average Bonchev–Trinajstić information content (AvgIpc) is 2.74. The third-order valence-corrected chi connectivity index (χ3v) is 2.82. The summed E-state index contributed by atoms with van der Waals surface area (Å²) in [5, 5.41) is -0.0340. The molecule has 0 aliphatic carbocycles. The minimum absolute atomic E-state index is 0.125. The zero-order chi connectivity index (χ0) is 11.7. The lowest BCUT2D eigenvalue weighted by atomic mass is 10.1. The zero-order valence-corrected chi connectivity index (χ0v) is 9.35. The van der Waals surface area contributed by atoms with Gasteiger partial charge >= 0.3 is 0 Å². The second kappa shape index (κ2) is 4.28. The van der Waals surface area contributed by atoms with Gasteiger partial charge < -0.3 is 4.42 Å². The molecule has 1 heterocycles. The van der Waals surface area contributed by atoms with Gasteiger partial charge in [0.05, 0.1) is 15.6 Å². The van der Waals surface area contributed by atoms with Gasteiger partial charge in [-0.05, 0) is 24.3 Å². The van der Waals surface area contributed by atoms with Gasteiger partial charge in [-0.2, -0.15) is 0 Å². The highest BCUT2D eigenvalue weighted by molar-refractivity contribution is 6.42. The molecule has 0 unspecified atom stereocenters. The Morgan fingerprint density at radius 1 is 1.19 bits per heavy atom. The molecular weight excluding hydrogens is 254 g/mol. The van der Waals surface area contributed by atoms with Gasteiger partial charge in [-0.1, -0.05) is 23.2 Å². The van der Waals surface area contributed by atoms with Crippen molar-refractivity contribution in [3.8, 4) is 11.3 Å². The highest BCUT2D eigenvalue weighted by atomic mass is 35.5. The molecule has 1 aromatic heterocycles. The van der Waals surface area contributed by atoms with Gasteiger partial charge in [-0.3, -0.25) is 4.79 Å². The summed E-state index contributed by atoms with van der Waals surface area (Å²) in [4.78, 5) is 10.4. The smallest absolute Gasteiger partial charge is 0.185 e. The third kappa shape index (κ3) is 1.84. The van der Waals surface area contributed by atoms with Gasteiger partial charge in [0.25, 0.3) is 0 Å². The minimum Gasteiger partial charge on any atom is -0.453 e. The molecule has 82 valence electrons. The largest absolute Gasteiger partial charge is 0.453 e. The number of aldehydes is 1. The van der Waals surface area contributed by atoms with Crippen molar-refractivity contribution >= 4 is 29.5 Å². The molecule has 1 aromatic carbocycles. The van der Waals surface area contributed by atoms with E-state index in [4.69, 9.17) is 27.6 Å². The number of carbonyl (C=O) groups is 1. The summed E-state index contributed by atoms with van der Waals surface area (Å²) in [6.07, 6.45) is 0.541. The molecule has 5 heteroatoms. The van der Waals surface area contributed by atoms with E-state index < -0.39 is 5.82 Å². The van der Waals surface area contributed by atoms with Crippen LogP contribution in [0.15, 0.2) is 28.7 Å². The molecule has 0 fully saturated rings. The number of hydrogen-bond acceptors (Lipinski definition) is 2. The molecule has 0 aliphatic heterocycles. The van der Waals surface area contributed by atoms with Crippen molar-refractivity contribution in [3.05, 3.63) is 45.9 Å². The van der Waals surface area contributed by atoms with E-state index in [-0.39, 0.29) is 27.1 Å². The van der Waals surface area contributed by atoms with Crippen LogP contribution in [0.5, 0.6) is 0 Å². The maximum Gasteiger partial charge on any atom is 0.185 e. The van der Waals surface area contributed by atoms with Crippen LogP contribution in [-0.4, -0.2) is 6.29 Å². The summed E-state index contributed by atoms with van der Waals surface area (Å²) in [5.41, 5.74) is 0.169. The number of halogens is 3. The van der Waals surface area contributed by atoms with Crippen molar-refractivity contribution in [1.29, 1.82) is 0 Å². The summed E-state index contributed by atoms with van der Waals surface area (Å²) < 4.78 is 18.8. The van der Waals surface area contributed by atoms with Crippen LogP contribution in [0.4, 0.5) is 4.39 Å². The van der Waals surface area contributed by atoms with E-state index in [2.05, 4.69) is 0 Å². The standard InChI is InChI=1S/C11H5Cl2FO2/c12-8-3-2-7(11(14)10(8)13)9-4-1-6(5-15)16-9/h1-5H. The Morgan fingerprint density at radius 2 is 1.94 bits per heavy atom. The molecule has 0 aliphatic rings. The zero-order valence-electron chi connectivity index (χ0n) is 7.84. The molecule has 2 nitrogen and oxygen atoms in total. The van der Waals surface area contributed by atoms with E-state index in [9.17, 15) is 9.18 Å². The predicted molar refractivity (Wildman–Crippen MR) is 59.5 cm³/mol. The number of hydrogen-bond donors (Lipinski definition) is 0. The van der Waals surface area contributed by atoms with Crippen LogP contribution in [0.1, 0.15) is 10.6 Å². The molecule has 0 N–H and O–H groups in total. The summed E-state index contributed by atoms with van der Waals surface area (Å²) >= 11 is 11.3. The van der Waals surface area contributed by atoms with Crippen LogP contribution in [0.2, 0.25) is 10.0 Å². The van der Waals surface area contributed by atoms with Crippen molar-refractivity contribution in [3.63, 3.8) is 0 Å². The summed E-state index contributed by atoms with van der Waals surface area (Å²) in [6.45, 7) is 0. The Hall–Kier alpha value is -1.32. The molecular formula is C11H5Cl2FO2. The topological polar surface area (TPSA) is 30.2 Å². The maximum absolute atomic E-state index is 13.7. The average molecular weight is 259 g/mol. The quantitative estimate of drug-likeness (QED) is 0.597. The molecule has 2 aromatic rings. The lowest BCUT2D eigenvalue weighted by molar-refractivity contribution is 0.110. The first kappa shape index (κ1) is 11.2. The van der Waals surface area contributed by atoms with Gasteiger partial charge in [0, 0.05) is 0 Å². The Bertz CT molecular complexity index is 549. The van der Waals surface area contributed by atoms with Crippen LogP contribution in [0.3, 0.4) is 0 Å². The molecule has 0 saturated heterocycles. The molecule has 16 heavy (non-hydrogen) atoms. The van der Waals surface area contributed by atoms with Crippen LogP contribution >= 0.6 is 23.2 Å². The van der Waals surface area contributed by atoms with Gasteiger partial charge in [-0.15, -0.1) is 0 Å². The van der Waals surface area contributed by atoms with Crippen LogP contribution in [0, 0.1) is 5.82 Å². The number of rotatable bonds is 2. The molecule has 0 amide bonds. The number of benzene rings is 1. The lowest BCUT2D eigenvalue weighted by Gasteiger charge is -2.02. The van der Waals surface area contributed by atoms with Crippen molar-refractivity contribution in [1.82, 2.24) is 0 Å². The molecule has 0 saturated carbocycles. The number of carbonyl (C=O) groups excluding carboxylic acids is 1. The first-order valence-electron chi connectivity index (χ1n) is 4.32. The Morgan fingerprint density at radius 3 is 2.56 bits per heavy atom. The van der Waals surface area contributed by atoms with E-state index in [1.807, 2.05) is 0 Å². The minimum atomic E-state index is -0.666.